The first-order valence-electron chi connectivity index (χ1n) is 8.08. The van der Waals surface area contributed by atoms with Gasteiger partial charge in [-0.05, 0) is 42.7 Å². The van der Waals surface area contributed by atoms with Crippen LogP contribution < -0.4 is 15.0 Å². The number of rotatable bonds is 5. The summed E-state index contributed by atoms with van der Waals surface area (Å²) in [5.41, 5.74) is 1.49. The second-order valence-electron chi connectivity index (χ2n) is 6.02. The molecular weight excluding hydrogens is 307 g/mol. The highest BCUT2D eigenvalue weighted by Gasteiger charge is 2.23. The number of amides is 1. The number of nitrogens with one attached hydrogen (secondary N) is 1. The van der Waals surface area contributed by atoms with Crippen molar-refractivity contribution in [3.8, 4) is 5.75 Å². The molecule has 3 rings (SSSR count). The summed E-state index contributed by atoms with van der Waals surface area (Å²) in [5, 5.41) is 2.91. The predicted molar refractivity (Wildman–Crippen MR) is 92.0 cm³/mol. The quantitative estimate of drug-likeness (QED) is 0.917. The summed E-state index contributed by atoms with van der Waals surface area (Å²) in [6.07, 6.45) is 1.01. The fourth-order valence-corrected chi connectivity index (χ4v) is 3.01. The minimum atomic E-state index is -0.396. The molecule has 1 N–H and O–H groups in total. The van der Waals surface area contributed by atoms with Crippen LogP contribution in [0.5, 0.6) is 5.75 Å². The first-order valence-corrected chi connectivity index (χ1v) is 8.08. The van der Waals surface area contributed by atoms with Gasteiger partial charge in [-0.3, -0.25) is 4.79 Å². The lowest BCUT2D eigenvalue weighted by Crippen LogP contribution is -2.31. The average Bonchev–Trinajstić information content (AvgIpc) is 3.09. The van der Waals surface area contributed by atoms with Crippen LogP contribution >= 0.6 is 0 Å². The van der Waals surface area contributed by atoms with Crippen LogP contribution in [0, 0.1) is 11.7 Å². The van der Waals surface area contributed by atoms with Gasteiger partial charge in [0.15, 0.2) is 0 Å². The molecule has 1 atom stereocenters. The van der Waals surface area contributed by atoms with Gasteiger partial charge in [0.2, 0.25) is 0 Å². The van der Waals surface area contributed by atoms with Gasteiger partial charge in [0.25, 0.3) is 5.91 Å². The average molecular weight is 328 g/mol. The van der Waals surface area contributed by atoms with Gasteiger partial charge in [-0.2, -0.15) is 0 Å². The first-order chi connectivity index (χ1) is 11.7. The highest BCUT2D eigenvalue weighted by molar-refractivity contribution is 5.94. The van der Waals surface area contributed by atoms with Crippen LogP contribution in [0.25, 0.3) is 0 Å². The van der Waals surface area contributed by atoms with Crippen LogP contribution in [0.4, 0.5) is 10.1 Å². The van der Waals surface area contributed by atoms with E-state index in [9.17, 15) is 9.18 Å². The van der Waals surface area contributed by atoms with E-state index in [-0.39, 0.29) is 5.91 Å². The monoisotopic (exact) mass is 328 g/mol. The van der Waals surface area contributed by atoms with Gasteiger partial charge in [0.1, 0.15) is 11.6 Å². The number of carbonyl (C=O) groups is 1. The molecule has 24 heavy (non-hydrogen) atoms. The Labute approximate surface area is 141 Å². The third-order valence-electron chi connectivity index (χ3n) is 4.34. The van der Waals surface area contributed by atoms with Gasteiger partial charge >= 0.3 is 0 Å². The van der Waals surface area contributed by atoms with Gasteiger partial charge < -0.3 is 15.0 Å². The lowest BCUT2D eigenvalue weighted by atomic mass is 10.1. The Kier molecular flexibility index (Phi) is 4.99. The van der Waals surface area contributed by atoms with Crippen LogP contribution in [0.15, 0.2) is 48.5 Å². The third-order valence-corrected chi connectivity index (χ3v) is 4.34. The Hall–Kier alpha value is -2.56. The van der Waals surface area contributed by atoms with E-state index in [4.69, 9.17) is 4.74 Å². The van der Waals surface area contributed by atoms with Crippen molar-refractivity contribution >= 4 is 11.6 Å². The van der Waals surface area contributed by atoms with Crippen LogP contribution in [-0.4, -0.2) is 32.7 Å². The molecule has 1 aliphatic rings. The number of hydrogen-bond acceptors (Lipinski definition) is 3. The SMILES string of the molecule is COc1cccc(N2CC[C@H](CNC(=O)c3cccc(F)c3)C2)c1. The van der Waals surface area contributed by atoms with Crippen molar-refractivity contribution in [2.75, 3.05) is 31.6 Å². The van der Waals surface area contributed by atoms with Crippen LogP contribution in [-0.2, 0) is 0 Å². The minimum absolute atomic E-state index is 0.227. The molecule has 0 spiro atoms. The van der Waals surface area contributed by atoms with E-state index in [1.807, 2.05) is 18.2 Å². The van der Waals surface area contributed by atoms with E-state index in [1.54, 1.807) is 19.2 Å². The Bertz CT molecular complexity index is 720. The molecule has 0 aliphatic carbocycles. The molecule has 126 valence electrons. The highest BCUT2D eigenvalue weighted by atomic mass is 19.1. The molecule has 2 aromatic carbocycles. The number of benzene rings is 2. The summed E-state index contributed by atoms with van der Waals surface area (Å²) >= 11 is 0. The van der Waals surface area contributed by atoms with E-state index in [0.717, 1.165) is 30.9 Å². The molecule has 1 amide bonds. The summed E-state index contributed by atoms with van der Waals surface area (Å²) in [7, 11) is 1.66. The van der Waals surface area contributed by atoms with Gasteiger partial charge in [0.05, 0.1) is 7.11 Å². The summed E-state index contributed by atoms with van der Waals surface area (Å²) in [6.45, 7) is 2.43. The molecule has 1 heterocycles. The van der Waals surface area contributed by atoms with Gasteiger partial charge in [-0.25, -0.2) is 4.39 Å². The summed E-state index contributed by atoms with van der Waals surface area (Å²) in [5.74, 6) is 0.603. The van der Waals surface area contributed by atoms with Crippen LogP contribution in [0.3, 0.4) is 0 Å². The Morgan fingerprint density at radius 2 is 2.12 bits per heavy atom. The number of ether oxygens (including phenoxy) is 1. The third kappa shape index (κ3) is 3.85. The maximum atomic E-state index is 13.2. The zero-order chi connectivity index (χ0) is 16.9. The normalized spacial score (nSPS) is 16.9. The van der Waals surface area contributed by atoms with E-state index in [0.29, 0.717) is 18.0 Å². The number of halogens is 1. The molecule has 0 radical (unpaired) electrons. The van der Waals surface area contributed by atoms with Gasteiger partial charge in [-0.15, -0.1) is 0 Å². The lowest BCUT2D eigenvalue weighted by Gasteiger charge is -2.19. The van der Waals surface area contributed by atoms with Gasteiger partial charge in [-0.1, -0.05) is 12.1 Å². The lowest BCUT2D eigenvalue weighted by molar-refractivity contribution is 0.0948. The number of anilines is 1. The molecule has 4 nitrogen and oxygen atoms in total. The molecule has 2 aromatic rings. The van der Waals surface area contributed by atoms with E-state index >= 15 is 0 Å². The summed E-state index contributed by atoms with van der Waals surface area (Å²) in [4.78, 5) is 14.4. The van der Waals surface area contributed by atoms with Crippen molar-refractivity contribution < 1.29 is 13.9 Å². The summed E-state index contributed by atoms with van der Waals surface area (Å²) in [6, 6.07) is 13.7. The van der Waals surface area contributed by atoms with Crippen molar-refractivity contribution in [3.05, 3.63) is 59.9 Å². The van der Waals surface area contributed by atoms with Crippen LogP contribution in [0.1, 0.15) is 16.8 Å². The van der Waals surface area contributed by atoms with E-state index < -0.39 is 5.82 Å². The first kappa shape index (κ1) is 16.3. The number of methoxy groups -OCH3 is 1. The molecule has 0 aromatic heterocycles. The molecule has 0 bridgehead atoms. The maximum Gasteiger partial charge on any atom is 0.251 e. The van der Waals surface area contributed by atoms with Crippen molar-refractivity contribution in [3.63, 3.8) is 0 Å². The topological polar surface area (TPSA) is 41.6 Å². The number of carbonyl (C=O) groups excluding carboxylic acids is 1. The van der Waals surface area contributed by atoms with E-state index in [1.165, 1.54) is 12.1 Å². The van der Waals surface area contributed by atoms with E-state index in [2.05, 4.69) is 16.3 Å². The Balaban J connectivity index is 1.53. The molecule has 1 fully saturated rings. The van der Waals surface area contributed by atoms with Crippen LogP contribution in [0.2, 0.25) is 0 Å². The second-order valence-corrected chi connectivity index (χ2v) is 6.02. The van der Waals surface area contributed by atoms with Crippen molar-refractivity contribution in [2.24, 2.45) is 5.92 Å². The standard InChI is InChI=1S/C19H21FN2O2/c1-24-18-7-3-6-17(11-18)22-9-8-14(13-22)12-21-19(23)15-4-2-5-16(20)10-15/h2-7,10-11,14H,8-9,12-13H2,1H3,(H,21,23)/t14-/m1/s1. The number of hydrogen-bond donors (Lipinski definition) is 1. The minimum Gasteiger partial charge on any atom is -0.497 e. The fraction of sp³-hybridized carbons (Fsp3) is 0.316. The maximum absolute atomic E-state index is 13.2. The molecular formula is C19H21FN2O2. The van der Waals surface area contributed by atoms with Gasteiger partial charge in [0, 0.05) is 37.0 Å². The predicted octanol–water partition coefficient (Wildman–Crippen LogP) is 3.09. The Morgan fingerprint density at radius 3 is 2.92 bits per heavy atom. The second kappa shape index (κ2) is 7.34. The fourth-order valence-electron chi connectivity index (χ4n) is 3.01. The smallest absolute Gasteiger partial charge is 0.251 e. The van der Waals surface area contributed by atoms with Crippen molar-refractivity contribution in [2.45, 2.75) is 6.42 Å². The highest BCUT2D eigenvalue weighted by Crippen LogP contribution is 2.26. The zero-order valence-corrected chi connectivity index (χ0v) is 13.7. The molecule has 5 heteroatoms. The molecule has 0 unspecified atom stereocenters. The van der Waals surface area contributed by atoms with Crippen molar-refractivity contribution in [1.29, 1.82) is 0 Å². The molecule has 1 saturated heterocycles. The Morgan fingerprint density at radius 1 is 1.29 bits per heavy atom. The summed E-state index contributed by atoms with van der Waals surface area (Å²) < 4.78 is 18.4. The largest absolute Gasteiger partial charge is 0.497 e. The molecule has 1 aliphatic heterocycles. The number of nitrogens with zero attached hydrogens (tertiary/aromatic N) is 1. The van der Waals surface area contributed by atoms with Crippen molar-refractivity contribution in [1.82, 2.24) is 5.32 Å². The zero-order valence-electron chi connectivity index (χ0n) is 13.7. The molecule has 0 saturated carbocycles.